The van der Waals surface area contributed by atoms with Gasteiger partial charge in [0.05, 0.1) is 6.04 Å². The molecule has 0 amide bonds. The van der Waals surface area contributed by atoms with Crippen molar-refractivity contribution in [1.82, 2.24) is 16.0 Å². The molecule has 0 aromatic heterocycles. The van der Waals surface area contributed by atoms with E-state index in [4.69, 9.17) is 0 Å². The SMILES string of the molecule is CN1NNCC1C(=O)C(C)(C)C. The van der Waals surface area contributed by atoms with Gasteiger partial charge in [0.2, 0.25) is 0 Å². The topological polar surface area (TPSA) is 44.4 Å². The van der Waals surface area contributed by atoms with Gasteiger partial charge in [0.15, 0.2) is 5.78 Å². The quantitative estimate of drug-likeness (QED) is 0.579. The zero-order chi connectivity index (χ0) is 9.35. The van der Waals surface area contributed by atoms with E-state index in [2.05, 4.69) is 11.0 Å². The van der Waals surface area contributed by atoms with Crippen LogP contribution in [0.5, 0.6) is 0 Å². The Morgan fingerprint density at radius 1 is 1.50 bits per heavy atom. The van der Waals surface area contributed by atoms with Crippen molar-refractivity contribution in [1.29, 1.82) is 0 Å². The van der Waals surface area contributed by atoms with Crippen molar-refractivity contribution in [3.8, 4) is 0 Å². The maximum Gasteiger partial charge on any atom is 0.158 e. The molecule has 1 aliphatic rings. The number of carbonyl (C=O) groups is 1. The molecule has 1 heterocycles. The van der Waals surface area contributed by atoms with Gasteiger partial charge in [0.1, 0.15) is 0 Å². The molecule has 4 nitrogen and oxygen atoms in total. The van der Waals surface area contributed by atoms with Crippen LogP contribution in [0.25, 0.3) is 0 Å². The van der Waals surface area contributed by atoms with Crippen LogP contribution in [0, 0.1) is 5.41 Å². The summed E-state index contributed by atoms with van der Waals surface area (Å²) >= 11 is 0. The number of nitrogens with zero attached hydrogens (tertiary/aromatic N) is 1. The van der Waals surface area contributed by atoms with Gasteiger partial charge in [0.25, 0.3) is 0 Å². The minimum Gasteiger partial charge on any atom is -0.297 e. The van der Waals surface area contributed by atoms with Crippen molar-refractivity contribution in [2.45, 2.75) is 26.8 Å². The number of hydrazine groups is 2. The molecule has 1 fully saturated rings. The van der Waals surface area contributed by atoms with E-state index in [1.165, 1.54) is 0 Å². The third-order valence-corrected chi connectivity index (χ3v) is 2.06. The summed E-state index contributed by atoms with van der Waals surface area (Å²) in [5, 5.41) is 1.81. The largest absolute Gasteiger partial charge is 0.297 e. The molecule has 1 saturated heterocycles. The predicted molar refractivity (Wildman–Crippen MR) is 47.2 cm³/mol. The molecule has 0 aromatic rings. The fraction of sp³-hybridized carbons (Fsp3) is 0.875. The zero-order valence-electron chi connectivity index (χ0n) is 8.14. The first kappa shape index (κ1) is 9.64. The molecular weight excluding hydrogens is 154 g/mol. The summed E-state index contributed by atoms with van der Waals surface area (Å²) in [4.78, 5) is 11.8. The van der Waals surface area contributed by atoms with E-state index in [0.717, 1.165) is 0 Å². The van der Waals surface area contributed by atoms with Gasteiger partial charge in [-0.3, -0.25) is 4.79 Å². The number of carbonyl (C=O) groups excluding carboxylic acids is 1. The molecular formula is C8H17N3O. The van der Waals surface area contributed by atoms with Gasteiger partial charge in [-0.25, -0.2) is 10.4 Å². The fourth-order valence-corrected chi connectivity index (χ4v) is 1.25. The third kappa shape index (κ3) is 1.83. The first-order valence-corrected chi connectivity index (χ1v) is 4.18. The van der Waals surface area contributed by atoms with Crippen LogP contribution in [-0.4, -0.2) is 30.4 Å². The molecule has 12 heavy (non-hydrogen) atoms. The van der Waals surface area contributed by atoms with E-state index in [9.17, 15) is 4.79 Å². The number of rotatable bonds is 1. The molecule has 1 atom stereocenters. The Morgan fingerprint density at radius 3 is 2.42 bits per heavy atom. The van der Waals surface area contributed by atoms with Gasteiger partial charge in [-0.15, -0.1) is 0 Å². The molecule has 1 aliphatic heterocycles. The van der Waals surface area contributed by atoms with Crippen LogP contribution in [0.1, 0.15) is 20.8 Å². The van der Waals surface area contributed by atoms with Crippen molar-refractivity contribution in [3.05, 3.63) is 0 Å². The Morgan fingerprint density at radius 2 is 2.08 bits per heavy atom. The molecule has 2 N–H and O–H groups in total. The van der Waals surface area contributed by atoms with E-state index >= 15 is 0 Å². The Kier molecular flexibility index (Phi) is 2.51. The van der Waals surface area contributed by atoms with Crippen LogP contribution in [0.4, 0.5) is 0 Å². The smallest absolute Gasteiger partial charge is 0.158 e. The number of nitrogens with one attached hydrogen (secondary N) is 2. The molecule has 4 heteroatoms. The van der Waals surface area contributed by atoms with Gasteiger partial charge in [-0.05, 0) is 0 Å². The van der Waals surface area contributed by atoms with Gasteiger partial charge in [-0.1, -0.05) is 20.8 Å². The molecule has 70 valence electrons. The Hall–Kier alpha value is -0.450. The van der Waals surface area contributed by atoms with Crippen molar-refractivity contribution >= 4 is 5.78 Å². The summed E-state index contributed by atoms with van der Waals surface area (Å²) in [5.41, 5.74) is 5.56. The van der Waals surface area contributed by atoms with E-state index < -0.39 is 0 Å². The average molecular weight is 171 g/mol. The zero-order valence-corrected chi connectivity index (χ0v) is 8.14. The van der Waals surface area contributed by atoms with E-state index in [1.54, 1.807) is 0 Å². The Bertz CT molecular complexity index is 185. The van der Waals surface area contributed by atoms with Crippen LogP contribution >= 0.6 is 0 Å². The summed E-state index contributed by atoms with van der Waals surface area (Å²) < 4.78 is 0. The van der Waals surface area contributed by atoms with Crippen molar-refractivity contribution < 1.29 is 4.79 Å². The second-order valence-electron chi connectivity index (χ2n) is 4.23. The van der Waals surface area contributed by atoms with Crippen LogP contribution in [0.2, 0.25) is 0 Å². The van der Waals surface area contributed by atoms with Crippen molar-refractivity contribution in [2.24, 2.45) is 5.41 Å². The molecule has 0 aliphatic carbocycles. The lowest BCUT2D eigenvalue weighted by Gasteiger charge is -2.24. The second kappa shape index (κ2) is 3.12. The minimum atomic E-state index is -0.257. The van der Waals surface area contributed by atoms with Gasteiger partial charge >= 0.3 is 0 Å². The lowest BCUT2D eigenvalue weighted by molar-refractivity contribution is -0.130. The number of ketones is 1. The monoisotopic (exact) mass is 171 g/mol. The highest BCUT2D eigenvalue weighted by Crippen LogP contribution is 2.19. The third-order valence-electron chi connectivity index (χ3n) is 2.06. The highest BCUT2D eigenvalue weighted by Gasteiger charge is 2.34. The van der Waals surface area contributed by atoms with E-state index in [1.807, 2.05) is 32.8 Å². The lowest BCUT2D eigenvalue weighted by Crippen LogP contribution is -2.44. The van der Waals surface area contributed by atoms with Gasteiger partial charge < -0.3 is 0 Å². The summed E-state index contributed by atoms with van der Waals surface area (Å²) in [6, 6.07) is -0.0370. The maximum atomic E-state index is 11.8. The Balaban J connectivity index is 2.64. The molecule has 1 rings (SSSR count). The first-order valence-electron chi connectivity index (χ1n) is 4.18. The average Bonchev–Trinajstić information content (AvgIpc) is 2.31. The standard InChI is InChI=1S/C8H17N3O/c1-8(2,3)7(12)6-5-9-10-11(6)4/h6,9-10H,5H2,1-4H3. The normalized spacial score (nSPS) is 26.2. The summed E-state index contributed by atoms with van der Waals surface area (Å²) in [5.74, 6) is 0.266. The molecule has 0 spiro atoms. The Labute approximate surface area is 73.2 Å². The number of hydrogen-bond acceptors (Lipinski definition) is 4. The predicted octanol–water partition coefficient (Wildman–Crippen LogP) is -0.0752. The molecule has 0 radical (unpaired) electrons. The number of hydrogen-bond donors (Lipinski definition) is 2. The number of Topliss-reactive ketones (excluding diaryl/α,β-unsaturated/α-hetero) is 1. The summed E-state index contributed by atoms with van der Waals surface area (Å²) in [7, 11) is 1.87. The fourth-order valence-electron chi connectivity index (χ4n) is 1.25. The first-order chi connectivity index (χ1) is 5.43. The summed E-state index contributed by atoms with van der Waals surface area (Å²) in [6.45, 7) is 6.52. The summed E-state index contributed by atoms with van der Waals surface area (Å²) in [6.07, 6.45) is 0. The maximum absolute atomic E-state index is 11.8. The van der Waals surface area contributed by atoms with Crippen molar-refractivity contribution in [2.75, 3.05) is 13.6 Å². The molecule has 0 aromatic carbocycles. The van der Waals surface area contributed by atoms with Gasteiger partial charge in [0, 0.05) is 19.0 Å². The van der Waals surface area contributed by atoms with Gasteiger partial charge in [-0.2, -0.15) is 5.53 Å². The van der Waals surface area contributed by atoms with Crippen LogP contribution in [-0.2, 0) is 4.79 Å². The van der Waals surface area contributed by atoms with Crippen LogP contribution in [0.15, 0.2) is 0 Å². The van der Waals surface area contributed by atoms with E-state index in [0.29, 0.717) is 6.54 Å². The van der Waals surface area contributed by atoms with Crippen LogP contribution < -0.4 is 11.0 Å². The van der Waals surface area contributed by atoms with E-state index in [-0.39, 0.29) is 17.2 Å². The highest BCUT2D eigenvalue weighted by atomic mass is 16.1. The molecule has 0 saturated carbocycles. The molecule has 1 unspecified atom stereocenters. The molecule has 0 bridgehead atoms. The minimum absolute atomic E-state index is 0.0370. The lowest BCUT2D eigenvalue weighted by atomic mass is 9.86. The second-order valence-corrected chi connectivity index (χ2v) is 4.23. The van der Waals surface area contributed by atoms with Crippen molar-refractivity contribution in [3.63, 3.8) is 0 Å². The van der Waals surface area contributed by atoms with Crippen LogP contribution in [0.3, 0.4) is 0 Å². The highest BCUT2D eigenvalue weighted by molar-refractivity contribution is 5.89. The number of likely N-dealkylation sites (N-methyl/N-ethyl adjacent to an activating group) is 1.